The number of aryl methyl sites for hydroxylation is 1. The van der Waals surface area contributed by atoms with Crippen molar-refractivity contribution >= 4 is 11.4 Å². The number of hydrogen-bond acceptors (Lipinski definition) is 3. The van der Waals surface area contributed by atoms with Gasteiger partial charge < -0.3 is 0 Å². The molecule has 0 amide bonds. The van der Waals surface area contributed by atoms with Crippen LogP contribution in [0.3, 0.4) is 0 Å². The summed E-state index contributed by atoms with van der Waals surface area (Å²) in [5.74, 6) is 0. The SMILES string of the molecule is C/C(=N\Nc1ccc(C)cc1)c1cccnc1. The number of hydrogen-bond donors (Lipinski definition) is 1. The van der Waals surface area contributed by atoms with Crippen molar-refractivity contribution in [2.24, 2.45) is 5.10 Å². The molecule has 0 bridgehead atoms. The molecule has 86 valence electrons. The van der Waals surface area contributed by atoms with Crippen LogP contribution in [-0.4, -0.2) is 10.7 Å². The summed E-state index contributed by atoms with van der Waals surface area (Å²) in [5.41, 5.74) is 7.19. The Morgan fingerprint density at radius 2 is 1.94 bits per heavy atom. The summed E-state index contributed by atoms with van der Waals surface area (Å²) in [7, 11) is 0. The van der Waals surface area contributed by atoms with E-state index in [9.17, 15) is 0 Å². The smallest absolute Gasteiger partial charge is 0.0663 e. The van der Waals surface area contributed by atoms with Crippen molar-refractivity contribution in [2.45, 2.75) is 13.8 Å². The van der Waals surface area contributed by atoms with Gasteiger partial charge in [-0.3, -0.25) is 10.4 Å². The zero-order chi connectivity index (χ0) is 12.1. The Morgan fingerprint density at radius 1 is 1.18 bits per heavy atom. The van der Waals surface area contributed by atoms with Crippen LogP contribution < -0.4 is 5.43 Å². The molecule has 0 saturated heterocycles. The summed E-state index contributed by atoms with van der Waals surface area (Å²) in [6, 6.07) is 12.0. The Balaban J connectivity index is 2.08. The van der Waals surface area contributed by atoms with Gasteiger partial charge in [-0.25, -0.2) is 0 Å². The lowest BCUT2D eigenvalue weighted by molar-refractivity contribution is 1.28. The van der Waals surface area contributed by atoms with Crippen LogP contribution >= 0.6 is 0 Å². The van der Waals surface area contributed by atoms with Gasteiger partial charge >= 0.3 is 0 Å². The minimum Gasteiger partial charge on any atom is -0.278 e. The molecule has 1 aromatic heterocycles. The number of rotatable bonds is 3. The molecule has 2 aromatic rings. The van der Waals surface area contributed by atoms with Crippen LogP contribution in [0.25, 0.3) is 0 Å². The minimum absolute atomic E-state index is 0.915. The standard InChI is InChI=1S/C14H15N3/c1-11-5-7-14(8-6-11)17-16-12(2)13-4-3-9-15-10-13/h3-10,17H,1-2H3/b16-12+. The Kier molecular flexibility index (Phi) is 3.50. The van der Waals surface area contributed by atoms with Gasteiger partial charge in [-0.15, -0.1) is 0 Å². The summed E-state index contributed by atoms with van der Waals surface area (Å²) < 4.78 is 0. The number of benzene rings is 1. The van der Waals surface area contributed by atoms with Crippen molar-refractivity contribution in [3.63, 3.8) is 0 Å². The van der Waals surface area contributed by atoms with Gasteiger partial charge in [-0.05, 0) is 32.0 Å². The number of hydrazone groups is 1. The third-order valence-electron chi connectivity index (χ3n) is 2.48. The predicted molar refractivity (Wildman–Crippen MR) is 71.2 cm³/mol. The number of aromatic nitrogens is 1. The largest absolute Gasteiger partial charge is 0.278 e. The van der Waals surface area contributed by atoms with Gasteiger partial charge in [-0.2, -0.15) is 5.10 Å². The van der Waals surface area contributed by atoms with Crippen LogP contribution in [0.15, 0.2) is 53.9 Å². The monoisotopic (exact) mass is 225 g/mol. The lowest BCUT2D eigenvalue weighted by Gasteiger charge is -2.03. The molecule has 0 unspecified atom stereocenters. The second-order valence-electron chi connectivity index (χ2n) is 3.92. The third kappa shape index (κ3) is 3.14. The Labute approximate surface area is 101 Å². The second-order valence-corrected chi connectivity index (χ2v) is 3.92. The molecule has 0 atom stereocenters. The highest BCUT2D eigenvalue weighted by molar-refractivity contribution is 5.98. The summed E-state index contributed by atoms with van der Waals surface area (Å²) >= 11 is 0. The Bertz CT molecular complexity index is 501. The molecule has 0 aliphatic carbocycles. The summed E-state index contributed by atoms with van der Waals surface area (Å²) in [5, 5.41) is 4.32. The van der Waals surface area contributed by atoms with E-state index in [1.165, 1.54) is 5.56 Å². The van der Waals surface area contributed by atoms with Crippen molar-refractivity contribution in [2.75, 3.05) is 5.43 Å². The van der Waals surface area contributed by atoms with E-state index in [4.69, 9.17) is 0 Å². The van der Waals surface area contributed by atoms with E-state index >= 15 is 0 Å². The maximum Gasteiger partial charge on any atom is 0.0663 e. The van der Waals surface area contributed by atoms with E-state index < -0.39 is 0 Å². The van der Waals surface area contributed by atoms with Gasteiger partial charge in [-0.1, -0.05) is 23.8 Å². The fraction of sp³-hybridized carbons (Fsp3) is 0.143. The van der Waals surface area contributed by atoms with Crippen LogP contribution in [0.4, 0.5) is 5.69 Å². The molecule has 1 N–H and O–H groups in total. The molecule has 3 heteroatoms. The number of nitrogens with one attached hydrogen (secondary N) is 1. The molecular weight excluding hydrogens is 210 g/mol. The normalized spacial score (nSPS) is 11.3. The highest BCUT2D eigenvalue weighted by atomic mass is 15.3. The van der Waals surface area contributed by atoms with Crippen molar-refractivity contribution in [3.8, 4) is 0 Å². The fourth-order valence-corrected chi connectivity index (χ4v) is 1.42. The minimum atomic E-state index is 0.915. The highest BCUT2D eigenvalue weighted by Gasteiger charge is 1.96. The van der Waals surface area contributed by atoms with E-state index in [0.717, 1.165) is 17.0 Å². The van der Waals surface area contributed by atoms with Crippen LogP contribution in [-0.2, 0) is 0 Å². The molecule has 0 saturated carbocycles. The molecule has 17 heavy (non-hydrogen) atoms. The summed E-state index contributed by atoms with van der Waals surface area (Å²) in [4.78, 5) is 4.06. The van der Waals surface area contributed by atoms with Gasteiger partial charge in [0.15, 0.2) is 0 Å². The third-order valence-corrected chi connectivity index (χ3v) is 2.48. The highest BCUT2D eigenvalue weighted by Crippen LogP contribution is 2.09. The zero-order valence-electron chi connectivity index (χ0n) is 10.0. The maximum absolute atomic E-state index is 4.32. The van der Waals surface area contributed by atoms with Gasteiger partial charge in [0.25, 0.3) is 0 Å². The fourth-order valence-electron chi connectivity index (χ4n) is 1.42. The number of pyridine rings is 1. The molecule has 0 radical (unpaired) electrons. The van der Waals surface area contributed by atoms with Crippen molar-refractivity contribution in [1.82, 2.24) is 4.98 Å². The van der Waals surface area contributed by atoms with Gasteiger partial charge in [0.05, 0.1) is 11.4 Å². The van der Waals surface area contributed by atoms with E-state index in [2.05, 4.69) is 34.6 Å². The van der Waals surface area contributed by atoms with E-state index in [-0.39, 0.29) is 0 Å². The first-order chi connectivity index (χ1) is 8.25. The molecule has 0 spiro atoms. The van der Waals surface area contributed by atoms with Gasteiger partial charge in [0.1, 0.15) is 0 Å². The molecule has 0 aliphatic rings. The summed E-state index contributed by atoms with van der Waals surface area (Å²) in [6.07, 6.45) is 3.56. The summed E-state index contributed by atoms with van der Waals surface area (Å²) in [6.45, 7) is 4.02. The Hall–Kier alpha value is -2.16. The Morgan fingerprint density at radius 3 is 2.59 bits per heavy atom. The van der Waals surface area contributed by atoms with E-state index in [0.29, 0.717) is 0 Å². The van der Waals surface area contributed by atoms with Crippen molar-refractivity contribution in [3.05, 3.63) is 59.9 Å². The number of anilines is 1. The van der Waals surface area contributed by atoms with Crippen molar-refractivity contribution < 1.29 is 0 Å². The molecule has 0 fully saturated rings. The maximum atomic E-state index is 4.32. The zero-order valence-corrected chi connectivity index (χ0v) is 10.0. The first-order valence-corrected chi connectivity index (χ1v) is 5.53. The van der Waals surface area contributed by atoms with Crippen molar-refractivity contribution in [1.29, 1.82) is 0 Å². The molecule has 1 heterocycles. The van der Waals surface area contributed by atoms with Crippen LogP contribution in [0, 0.1) is 6.92 Å². The van der Waals surface area contributed by atoms with Gasteiger partial charge in [0, 0.05) is 18.0 Å². The van der Waals surface area contributed by atoms with Crippen LogP contribution in [0.5, 0.6) is 0 Å². The predicted octanol–water partition coefficient (Wildman–Crippen LogP) is 3.23. The topological polar surface area (TPSA) is 37.3 Å². The molecular formula is C14H15N3. The van der Waals surface area contributed by atoms with Crippen LogP contribution in [0.1, 0.15) is 18.1 Å². The van der Waals surface area contributed by atoms with E-state index in [1.807, 2.05) is 31.2 Å². The lowest BCUT2D eigenvalue weighted by atomic mass is 10.2. The van der Waals surface area contributed by atoms with E-state index in [1.54, 1.807) is 12.4 Å². The first-order valence-electron chi connectivity index (χ1n) is 5.53. The average Bonchev–Trinajstić information content (AvgIpc) is 2.39. The lowest BCUT2D eigenvalue weighted by Crippen LogP contribution is -1.99. The van der Waals surface area contributed by atoms with Gasteiger partial charge in [0.2, 0.25) is 0 Å². The molecule has 3 nitrogen and oxygen atoms in total. The number of nitrogens with zero attached hydrogens (tertiary/aromatic N) is 2. The molecule has 2 rings (SSSR count). The quantitative estimate of drug-likeness (QED) is 0.643. The second kappa shape index (κ2) is 5.25. The molecule has 0 aliphatic heterocycles. The first kappa shape index (κ1) is 11.3. The average molecular weight is 225 g/mol. The molecule has 1 aromatic carbocycles. The van der Waals surface area contributed by atoms with Crippen LogP contribution in [0.2, 0.25) is 0 Å².